The van der Waals surface area contributed by atoms with E-state index in [0.717, 1.165) is 16.7 Å². The van der Waals surface area contributed by atoms with Crippen molar-refractivity contribution in [3.63, 3.8) is 0 Å². The second kappa shape index (κ2) is 11.2. The number of benzene rings is 4. The van der Waals surface area contributed by atoms with E-state index in [1.54, 1.807) is 59.5 Å². The van der Waals surface area contributed by atoms with Crippen molar-refractivity contribution in [1.29, 1.82) is 0 Å². The van der Waals surface area contributed by atoms with E-state index in [0.29, 0.717) is 17.8 Å². The van der Waals surface area contributed by atoms with Gasteiger partial charge in [-0.25, -0.2) is 8.78 Å². The lowest BCUT2D eigenvalue weighted by Gasteiger charge is -2.24. The molecule has 0 atom stereocenters. The van der Waals surface area contributed by atoms with Crippen LogP contribution in [0.3, 0.4) is 0 Å². The number of rotatable bonds is 8. The molecule has 0 aromatic heterocycles. The monoisotopic (exact) mass is 470 g/mol. The fourth-order valence-electron chi connectivity index (χ4n) is 3.67. The molecule has 4 rings (SSSR count). The van der Waals surface area contributed by atoms with Crippen molar-refractivity contribution >= 4 is 17.5 Å². The van der Waals surface area contributed by atoms with Gasteiger partial charge >= 0.3 is 0 Å². The Morgan fingerprint density at radius 1 is 0.686 bits per heavy atom. The Morgan fingerprint density at radius 2 is 1.31 bits per heavy atom. The van der Waals surface area contributed by atoms with Crippen LogP contribution in [0.15, 0.2) is 103 Å². The fourth-order valence-corrected chi connectivity index (χ4v) is 3.67. The number of halogens is 2. The second-order valence-corrected chi connectivity index (χ2v) is 8.13. The molecule has 0 spiro atoms. The minimum absolute atomic E-state index is 0.124. The van der Waals surface area contributed by atoms with Gasteiger partial charge in [-0.2, -0.15) is 0 Å². The van der Waals surface area contributed by atoms with E-state index in [9.17, 15) is 18.4 Å². The Morgan fingerprint density at radius 3 is 1.97 bits per heavy atom. The summed E-state index contributed by atoms with van der Waals surface area (Å²) in [6.07, 6.45) is 0.124. The summed E-state index contributed by atoms with van der Waals surface area (Å²) in [7, 11) is 0. The standard InChI is InChI=1S/C29H24F2N2O2/c30-25-13-9-21(10-14-25)19-32-28(34)18-23-5-4-8-27(17-23)33(20-22-11-15-26(31)16-12-22)29(35)24-6-2-1-3-7-24/h1-17H,18-20H2,(H,32,34). The maximum atomic E-state index is 13.4. The van der Waals surface area contributed by atoms with Crippen molar-refractivity contribution in [3.8, 4) is 0 Å². The predicted molar refractivity (Wildman–Crippen MR) is 132 cm³/mol. The van der Waals surface area contributed by atoms with Gasteiger partial charge in [-0.3, -0.25) is 9.59 Å². The van der Waals surface area contributed by atoms with Gasteiger partial charge in [-0.15, -0.1) is 0 Å². The lowest BCUT2D eigenvalue weighted by molar-refractivity contribution is -0.120. The number of hydrogen-bond donors (Lipinski definition) is 1. The molecule has 0 saturated carbocycles. The van der Waals surface area contributed by atoms with Crippen LogP contribution < -0.4 is 10.2 Å². The lowest BCUT2D eigenvalue weighted by Crippen LogP contribution is -2.30. The van der Waals surface area contributed by atoms with E-state index >= 15 is 0 Å². The average molecular weight is 471 g/mol. The molecule has 0 heterocycles. The Kier molecular flexibility index (Phi) is 7.63. The van der Waals surface area contributed by atoms with Crippen LogP contribution in [0.2, 0.25) is 0 Å². The van der Waals surface area contributed by atoms with Gasteiger partial charge in [0.25, 0.3) is 5.91 Å². The molecule has 4 nitrogen and oxygen atoms in total. The number of carbonyl (C=O) groups excluding carboxylic acids is 2. The molecule has 4 aromatic rings. The summed E-state index contributed by atoms with van der Waals surface area (Å²) in [5.74, 6) is -1.06. The maximum absolute atomic E-state index is 13.4. The summed E-state index contributed by atoms with van der Waals surface area (Å²) in [6, 6.07) is 28.1. The Balaban J connectivity index is 1.52. The molecule has 4 aromatic carbocycles. The van der Waals surface area contributed by atoms with Crippen LogP contribution in [0, 0.1) is 11.6 Å². The normalized spacial score (nSPS) is 10.6. The molecule has 176 valence electrons. The van der Waals surface area contributed by atoms with E-state index in [2.05, 4.69) is 5.32 Å². The van der Waals surface area contributed by atoms with Gasteiger partial charge in [0.2, 0.25) is 5.91 Å². The van der Waals surface area contributed by atoms with E-state index in [-0.39, 0.29) is 36.4 Å². The van der Waals surface area contributed by atoms with Crippen LogP contribution in [0.25, 0.3) is 0 Å². The quantitative estimate of drug-likeness (QED) is 0.361. The zero-order valence-electron chi connectivity index (χ0n) is 19.0. The summed E-state index contributed by atoms with van der Waals surface area (Å²) in [4.78, 5) is 27.5. The van der Waals surface area contributed by atoms with E-state index < -0.39 is 0 Å². The van der Waals surface area contributed by atoms with Gasteiger partial charge in [0, 0.05) is 17.8 Å². The number of carbonyl (C=O) groups is 2. The largest absolute Gasteiger partial charge is 0.352 e. The van der Waals surface area contributed by atoms with Crippen LogP contribution in [-0.2, 0) is 24.3 Å². The summed E-state index contributed by atoms with van der Waals surface area (Å²) in [5, 5.41) is 2.83. The van der Waals surface area contributed by atoms with Crippen molar-refractivity contribution in [3.05, 3.63) is 137 Å². The molecule has 0 saturated heterocycles. The number of nitrogens with one attached hydrogen (secondary N) is 1. The molecular weight excluding hydrogens is 446 g/mol. The summed E-state index contributed by atoms with van der Waals surface area (Å²) in [5.41, 5.74) is 3.47. The first-order valence-electron chi connectivity index (χ1n) is 11.2. The van der Waals surface area contributed by atoms with Crippen LogP contribution in [0.1, 0.15) is 27.0 Å². The Hall–Kier alpha value is -4.32. The third kappa shape index (κ3) is 6.60. The first-order valence-corrected chi connectivity index (χ1v) is 11.2. The molecule has 35 heavy (non-hydrogen) atoms. The molecule has 0 aliphatic heterocycles. The molecule has 0 aliphatic carbocycles. The molecule has 0 radical (unpaired) electrons. The van der Waals surface area contributed by atoms with Crippen LogP contribution in [0.5, 0.6) is 0 Å². The lowest BCUT2D eigenvalue weighted by atomic mass is 10.1. The molecule has 1 N–H and O–H groups in total. The van der Waals surface area contributed by atoms with Crippen LogP contribution >= 0.6 is 0 Å². The van der Waals surface area contributed by atoms with Gasteiger partial charge in [0.05, 0.1) is 13.0 Å². The molecule has 6 heteroatoms. The molecule has 0 unspecified atom stereocenters. The van der Waals surface area contributed by atoms with Crippen molar-refractivity contribution < 1.29 is 18.4 Å². The van der Waals surface area contributed by atoms with Gasteiger partial charge in [0.1, 0.15) is 11.6 Å². The SMILES string of the molecule is O=C(Cc1cccc(N(Cc2ccc(F)cc2)C(=O)c2ccccc2)c1)NCc1ccc(F)cc1. The molecule has 0 aliphatic rings. The molecule has 0 bridgehead atoms. The Bertz CT molecular complexity index is 1290. The first-order chi connectivity index (χ1) is 17.0. The molecular formula is C29H24F2N2O2. The predicted octanol–water partition coefficient (Wildman–Crippen LogP) is 5.67. The zero-order valence-corrected chi connectivity index (χ0v) is 19.0. The van der Waals surface area contributed by atoms with Gasteiger partial charge in [0.15, 0.2) is 0 Å². The van der Waals surface area contributed by atoms with E-state index in [4.69, 9.17) is 0 Å². The Labute approximate surface area is 202 Å². The number of nitrogens with zero attached hydrogens (tertiary/aromatic N) is 1. The second-order valence-electron chi connectivity index (χ2n) is 8.13. The van der Waals surface area contributed by atoms with Gasteiger partial charge in [-0.1, -0.05) is 54.6 Å². The van der Waals surface area contributed by atoms with Crippen LogP contribution in [-0.4, -0.2) is 11.8 Å². The highest BCUT2D eigenvalue weighted by atomic mass is 19.1. The van der Waals surface area contributed by atoms with E-state index in [1.807, 2.05) is 24.3 Å². The number of anilines is 1. The molecule has 0 fully saturated rings. The highest BCUT2D eigenvalue weighted by Crippen LogP contribution is 2.22. The first kappa shape index (κ1) is 23.8. The zero-order chi connectivity index (χ0) is 24.6. The highest BCUT2D eigenvalue weighted by Gasteiger charge is 2.19. The topological polar surface area (TPSA) is 49.4 Å². The summed E-state index contributed by atoms with van der Waals surface area (Å²) in [6.45, 7) is 0.538. The number of hydrogen-bond acceptors (Lipinski definition) is 2. The van der Waals surface area contributed by atoms with Gasteiger partial charge < -0.3 is 10.2 Å². The summed E-state index contributed by atoms with van der Waals surface area (Å²) < 4.78 is 26.5. The highest BCUT2D eigenvalue weighted by molar-refractivity contribution is 6.06. The van der Waals surface area contributed by atoms with Crippen molar-refractivity contribution in [2.24, 2.45) is 0 Å². The molecule has 2 amide bonds. The number of amides is 2. The van der Waals surface area contributed by atoms with Crippen LogP contribution in [0.4, 0.5) is 14.5 Å². The maximum Gasteiger partial charge on any atom is 0.258 e. The van der Waals surface area contributed by atoms with Gasteiger partial charge in [-0.05, 0) is 65.2 Å². The minimum atomic E-state index is -0.344. The summed E-state index contributed by atoms with van der Waals surface area (Å²) >= 11 is 0. The smallest absolute Gasteiger partial charge is 0.258 e. The van der Waals surface area contributed by atoms with Crippen molar-refractivity contribution in [2.75, 3.05) is 4.90 Å². The third-order valence-corrected chi connectivity index (χ3v) is 5.51. The van der Waals surface area contributed by atoms with Crippen molar-refractivity contribution in [2.45, 2.75) is 19.5 Å². The van der Waals surface area contributed by atoms with Crippen molar-refractivity contribution in [1.82, 2.24) is 5.32 Å². The minimum Gasteiger partial charge on any atom is -0.352 e. The van der Waals surface area contributed by atoms with E-state index in [1.165, 1.54) is 24.3 Å². The third-order valence-electron chi connectivity index (χ3n) is 5.51. The average Bonchev–Trinajstić information content (AvgIpc) is 2.88. The fraction of sp³-hybridized carbons (Fsp3) is 0.103.